The van der Waals surface area contributed by atoms with Crippen LogP contribution in [0.5, 0.6) is 23.0 Å². The molecular weight excluding hydrogens is 564 g/mol. The van der Waals surface area contributed by atoms with Crippen LogP contribution in [0, 0.1) is 0 Å². The van der Waals surface area contributed by atoms with Crippen molar-refractivity contribution in [2.75, 3.05) is 20.8 Å². The Morgan fingerprint density at radius 2 is 1.71 bits per heavy atom. The predicted octanol–water partition coefficient (Wildman–Crippen LogP) is 2.83. The maximum atomic E-state index is 14.0. The zero-order valence-corrected chi connectivity index (χ0v) is 24.4. The lowest BCUT2D eigenvalue weighted by Gasteiger charge is -2.25. The number of aromatic nitrogens is 1. The number of fused-ring (bicyclic) bond motifs is 1. The summed E-state index contributed by atoms with van der Waals surface area (Å²) in [5.74, 6) is -0.651. The van der Waals surface area contributed by atoms with Gasteiger partial charge in [0.2, 0.25) is 0 Å². The van der Waals surface area contributed by atoms with Gasteiger partial charge in [-0.3, -0.25) is 19.0 Å². The molecule has 0 aliphatic carbocycles. The van der Waals surface area contributed by atoms with Crippen LogP contribution in [0.3, 0.4) is 0 Å². The van der Waals surface area contributed by atoms with Gasteiger partial charge in [0.25, 0.3) is 5.56 Å². The Hall–Kier alpha value is -4.97. The third-order valence-corrected chi connectivity index (χ3v) is 7.07. The largest absolute Gasteiger partial charge is 0.493 e. The van der Waals surface area contributed by atoms with Crippen LogP contribution in [-0.4, -0.2) is 43.3 Å². The summed E-state index contributed by atoms with van der Waals surface area (Å²) in [7, 11) is 2.99. The summed E-state index contributed by atoms with van der Waals surface area (Å²) in [6.07, 6.45) is 2.99. The van der Waals surface area contributed by atoms with Crippen molar-refractivity contribution in [2.45, 2.75) is 26.8 Å². The normalized spacial score (nSPS) is 14.4. The van der Waals surface area contributed by atoms with Crippen molar-refractivity contribution in [3.8, 4) is 23.0 Å². The fourth-order valence-electron chi connectivity index (χ4n) is 4.38. The Bertz CT molecular complexity index is 1800. The third-order valence-electron chi connectivity index (χ3n) is 6.08. The van der Waals surface area contributed by atoms with Crippen LogP contribution in [0.4, 0.5) is 0 Å². The van der Waals surface area contributed by atoms with Crippen LogP contribution >= 0.6 is 11.3 Å². The fourth-order valence-corrected chi connectivity index (χ4v) is 5.42. The topological polar surface area (TPSA) is 132 Å². The summed E-state index contributed by atoms with van der Waals surface area (Å²) in [5, 5.41) is 0. The number of allylic oxidation sites excluding steroid dienone is 1. The number of carbonyl (C=O) groups excluding carboxylic acids is 3. The van der Waals surface area contributed by atoms with E-state index >= 15 is 0 Å². The number of esters is 3. The lowest BCUT2D eigenvalue weighted by Crippen LogP contribution is -2.40. The zero-order chi connectivity index (χ0) is 30.6. The van der Waals surface area contributed by atoms with Crippen LogP contribution < -0.4 is 33.8 Å². The second-order valence-corrected chi connectivity index (χ2v) is 9.98. The Morgan fingerprint density at radius 1 is 1.00 bits per heavy atom. The molecule has 218 valence electrons. The van der Waals surface area contributed by atoms with Gasteiger partial charge in [-0.15, -0.1) is 0 Å². The van der Waals surface area contributed by atoms with Crippen molar-refractivity contribution in [1.29, 1.82) is 0 Å². The predicted molar refractivity (Wildman–Crippen MR) is 154 cm³/mol. The minimum atomic E-state index is -0.903. The van der Waals surface area contributed by atoms with E-state index in [0.717, 1.165) is 11.3 Å². The summed E-state index contributed by atoms with van der Waals surface area (Å²) < 4.78 is 28.3. The first-order chi connectivity index (χ1) is 20.1. The molecule has 1 aliphatic heterocycles. The highest BCUT2D eigenvalue weighted by molar-refractivity contribution is 7.07. The van der Waals surface area contributed by atoms with Gasteiger partial charge in [-0.2, -0.15) is 0 Å². The van der Waals surface area contributed by atoms with E-state index in [1.54, 1.807) is 37.3 Å². The van der Waals surface area contributed by atoms with E-state index in [0.29, 0.717) is 33.1 Å². The SMILES string of the molecule is C=CCOC(=O)C1=C(C)N=c2s/c(=C\c3ccc(OC(C)=O)cc3OC(C)=O)c(=O)n2C1c1ccc(OC)c(OC)c1. The van der Waals surface area contributed by atoms with E-state index in [1.807, 2.05) is 0 Å². The molecule has 42 heavy (non-hydrogen) atoms. The monoisotopic (exact) mass is 592 g/mol. The van der Waals surface area contributed by atoms with E-state index < -0.39 is 29.5 Å². The van der Waals surface area contributed by atoms with Gasteiger partial charge >= 0.3 is 17.9 Å². The van der Waals surface area contributed by atoms with E-state index in [1.165, 1.54) is 50.8 Å². The number of nitrogens with zero attached hydrogens (tertiary/aromatic N) is 2. The van der Waals surface area contributed by atoms with Gasteiger partial charge in [0.05, 0.1) is 36.1 Å². The second-order valence-electron chi connectivity index (χ2n) is 8.97. The molecule has 12 heteroatoms. The quantitative estimate of drug-likeness (QED) is 0.209. The summed E-state index contributed by atoms with van der Waals surface area (Å²) in [6, 6.07) is 8.66. The van der Waals surface area contributed by atoms with Gasteiger partial charge in [0.1, 0.15) is 18.1 Å². The first-order valence-corrected chi connectivity index (χ1v) is 13.4. The van der Waals surface area contributed by atoms with Crippen molar-refractivity contribution in [1.82, 2.24) is 4.57 Å². The minimum Gasteiger partial charge on any atom is -0.493 e. The van der Waals surface area contributed by atoms with E-state index in [9.17, 15) is 19.2 Å². The van der Waals surface area contributed by atoms with Crippen molar-refractivity contribution >= 4 is 35.3 Å². The number of ether oxygens (including phenoxy) is 5. The number of carbonyl (C=O) groups is 3. The molecule has 0 amide bonds. The lowest BCUT2D eigenvalue weighted by atomic mass is 9.95. The number of rotatable bonds is 9. The summed E-state index contributed by atoms with van der Waals surface area (Å²) >= 11 is 1.09. The molecule has 0 fully saturated rings. The van der Waals surface area contributed by atoms with Crippen LogP contribution in [0.25, 0.3) is 6.08 Å². The van der Waals surface area contributed by atoms with Gasteiger partial charge in [0, 0.05) is 25.5 Å². The molecule has 0 N–H and O–H groups in total. The molecule has 1 aromatic heterocycles. The molecule has 0 spiro atoms. The Morgan fingerprint density at radius 3 is 2.36 bits per heavy atom. The molecule has 1 atom stereocenters. The Labute approximate surface area is 244 Å². The van der Waals surface area contributed by atoms with Crippen LogP contribution in [0.2, 0.25) is 0 Å². The molecule has 2 heterocycles. The molecule has 1 unspecified atom stereocenters. The Kier molecular flexibility index (Phi) is 9.06. The van der Waals surface area contributed by atoms with Crippen LogP contribution in [-0.2, 0) is 19.1 Å². The van der Waals surface area contributed by atoms with Gasteiger partial charge in [-0.25, -0.2) is 9.79 Å². The van der Waals surface area contributed by atoms with Gasteiger partial charge in [-0.1, -0.05) is 30.1 Å². The van der Waals surface area contributed by atoms with Crippen molar-refractivity contribution in [2.24, 2.45) is 4.99 Å². The van der Waals surface area contributed by atoms with Crippen LogP contribution in [0.15, 0.2) is 70.1 Å². The first kappa shape index (κ1) is 30.0. The number of hydrogen-bond acceptors (Lipinski definition) is 11. The van der Waals surface area contributed by atoms with Gasteiger partial charge in [-0.05, 0) is 42.8 Å². The lowest BCUT2D eigenvalue weighted by molar-refractivity contribution is -0.138. The minimum absolute atomic E-state index is 0.0268. The summed E-state index contributed by atoms with van der Waals surface area (Å²) in [4.78, 5) is 55.3. The Balaban J connectivity index is 1.94. The molecular formula is C30H28N2O9S. The molecule has 1 aliphatic rings. The summed E-state index contributed by atoms with van der Waals surface area (Å²) in [5.41, 5.74) is 1.05. The molecule has 0 saturated heterocycles. The second kappa shape index (κ2) is 12.7. The number of hydrogen-bond donors (Lipinski definition) is 0. The average Bonchev–Trinajstić information content (AvgIpc) is 3.25. The standard InChI is InChI=1S/C30H28N2O9S/c1-7-12-39-29(36)26-16(2)31-30-32(27(26)20-9-11-22(37-5)24(13-20)38-6)28(35)25(42-30)14-19-8-10-21(40-17(3)33)15-23(19)41-18(4)34/h7-11,13-15,27H,1,12H2,2-6H3/b25-14-. The fraction of sp³-hybridized carbons (Fsp3) is 0.233. The average molecular weight is 593 g/mol. The van der Waals surface area contributed by atoms with Gasteiger partial charge < -0.3 is 23.7 Å². The molecule has 4 rings (SSSR count). The van der Waals surface area contributed by atoms with E-state index in [-0.39, 0.29) is 28.2 Å². The first-order valence-electron chi connectivity index (χ1n) is 12.6. The maximum Gasteiger partial charge on any atom is 0.338 e. The highest BCUT2D eigenvalue weighted by Crippen LogP contribution is 2.36. The smallest absolute Gasteiger partial charge is 0.338 e. The third kappa shape index (κ3) is 6.18. The summed E-state index contributed by atoms with van der Waals surface area (Å²) in [6.45, 7) is 7.71. The molecule has 0 radical (unpaired) electrons. The highest BCUT2D eigenvalue weighted by atomic mass is 32.1. The molecule has 11 nitrogen and oxygen atoms in total. The number of benzene rings is 2. The zero-order valence-electron chi connectivity index (χ0n) is 23.6. The van der Waals surface area contributed by atoms with Crippen LogP contribution in [0.1, 0.15) is 37.9 Å². The van der Waals surface area contributed by atoms with Crippen molar-refractivity contribution in [3.63, 3.8) is 0 Å². The molecule has 3 aromatic rings. The van der Waals surface area contributed by atoms with E-state index in [4.69, 9.17) is 23.7 Å². The van der Waals surface area contributed by atoms with Crippen molar-refractivity contribution < 1.29 is 38.1 Å². The maximum absolute atomic E-state index is 14.0. The molecule has 2 aromatic carbocycles. The number of methoxy groups -OCH3 is 2. The molecule has 0 saturated carbocycles. The highest BCUT2D eigenvalue weighted by Gasteiger charge is 2.34. The number of thiazole rings is 1. The molecule has 0 bridgehead atoms. The van der Waals surface area contributed by atoms with E-state index in [2.05, 4.69) is 11.6 Å². The van der Waals surface area contributed by atoms with Gasteiger partial charge in [0.15, 0.2) is 16.3 Å². The van der Waals surface area contributed by atoms with Crippen molar-refractivity contribution in [3.05, 3.63) is 91.1 Å².